The number of carbonyl (C=O) groups is 1. The van der Waals surface area contributed by atoms with Crippen molar-refractivity contribution in [3.63, 3.8) is 0 Å². The summed E-state index contributed by atoms with van der Waals surface area (Å²) in [5.41, 5.74) is 1.24. The molecule has 0 saturated carbocycles. The molecule has 3 rings (SSSR count). The van der Waals surface area contributed by atoms with Crippen LogP contribution in [0.2, 0.25) is 0 Å². The molecule has 0 bridgehead atoms. The zero-order valence-electron chi connectivity index (χ0n) is 14.5. The number of ether oxygens (including phenoxy) is 3. The van der Waals surface area contributed by atoms with Gasteiger partial charge in [-0.15, -0.1) is 0 Å². The Bertz CT molecular complexity index is 815. The number of fused-ring (bicyclic) bond motifs is 3. The van der Waals surface area contributed by atoms with Crippen molar-refractivity contribution in [3.05, 3.63) is 29.5 Å². The monoisotopic (exact) mass is 371 g/mol. The molecule has 2 aromatic rings. The Labute approximate surface area is 148 Å². The Hall–Kier alpha value is -2.22. The van der Waals surface area contributed by atoms with E-state index in [4.69, 9.17) is 14.2 Å². The van der Waals surface area contributed by atoms with E-state index in [1.807, 2.05) is 13.0 Å². The Morgan fingerprint density at radius 3 is 2.81 bits per heavy atom. The largest absolute Gasteiger partial charge is 0.482 e. The molecule has 142 valence electrons. The molecule has 8 heteroatoms. The highest BCUT2D eigenvalue weighted by Gasteiger charge is 2.41. The summed E-state index contributed by atoms with van der Waals surface area (Å²) >= 11 is 0. The van der Waals surface area contributed by atoms with E-state index in [-0.39, 0.29) is 12.2 Å². The number of aromatic amines is 1. The van der Waals surface area contributed by atoms with Gasteiger partial charge >= 0.3 is 12.1 Å². The second kappa shape index (κ2) is 6.83. The van der Waals surface area contributed by atoms with E-state index >= 15 is 0 Å². The van der Waals surface area contributed by atoms with Crippen LogP contribution in [0.4, 0.5) is 13.2 Å². The lowest BCUT2D eigenvalue weighted by Gasteiger charge is -2.35. The molecular formula is C18H20F3NO4. The van der Waals surface area contributed by atoms with Crippen molar-refractivity contribution in [1.82, 2.24) is 4.98 Å². The standard InChI is InChI=1S/C18H20F3NO4/c1-3-17(9-14(23)24-2)16-12(7-8-26-17)11-5-4-6-13(15(11)22-16)25-10-18(19,20)21/h4-6,22H,3,7-10H2,1-2H3. The van der Waals surface area contributed by atoms with Crippen molar-refractivity contribution in [2.24, 2.45) is 0 Å². The van der Waals surface area contributed by atoms with Gasteiger partial charge < -0.3 is 19.2 Å². The van der Waals surface area contributed by atoms with E-state index in [0.29, 0.717) is 30.7 Å². The first-order valence-corrected chi connectivity index (χ1v) is 8.34. The fourth-order valence-electron chi connectivity index (χ4n) is 3.44. The molecule has 1 aliphatic heterocycles. The third kappa shape index (κ3) is 3.38. The van der Waals surface area contributed by atoms with Gasteiger partial charge in [-0.3, -0.25) is 4.79 Å². The average molecular weight is 371 g/mol. The van der Waals surface area contributed by atoms with Gasteiger partial charge in [0.1, 0.15) is 11.4 Å². The normalized spacial score (nSPS) is 20.0. The number of methoxy groups -OCH3 is 1. The van der Waals surface area contributed by atoms with Crippen LogP contribution in [0, 0.1) is 0 Å². The fourth-order valence-corrected chi connectivity index (χ4v) is 3.44. The van der Waals surface area contributed by atoms with E-state index in [1.165, 1.54) is 13.2 Å². The number of rotatable bonds is 5. The molecule has 1 atom stereocenters. The van der Waals surface area contributed by atoms with Crippen LogP contribution < -0.4 is 4.74 Å². The average Bonchev–Trinajstić information content (AvgIpc) is 3.00. The van der Waals surface area contributed by atoms with Crippen molar-refractivity contribution < 1.29 is 32.2 Å². The van der Waals surface area contributed by atoms with E-state index in [9.17, 15) is 18.0 Å². The van der Waals surface area contributed by atoms with Crippen molar-refractivity contribution in [2.75, 3.05) is 20.3 Å². The minimum Gasteiger partial charge on any atom is -0.482 e. The van der Waals surface area contributed by atoms with Gasteiger partial charge in [0.05, 0.1) is 31.3 Å². The van der Waals surface area contributed by atoms with Gasteiger partial charge in [-0.2, -0.15) is 13.2 Å². The number of esters is 1. The predicted octanol–water partition coefficient (Wildman–Crippen LogP) is 3.85. The molecule has 1 aromatic heterocycles. The number of alkyl halides is 3. The molecule has 1 aliphatic rings. The molecule has 0 radical (unpaired) electrons. The Morgan fingerprint density at radius 1 is 1.38 bits per heavy atom. The Balaban J connectivity index is 2.07. The van der Waals surface area contributed by atoms with Crippen LogP contribution in [0.15, 0.2) is 18.2 Å². The minimum absolute atomic E-state index is 0.0264. The van der Waals surface area contributed by atoms with E-state index in [0.717, 1.165) is 10.9 Å². The van der Waals surface area contributed by atoms with Crippen molar-refractivity contribution in [2.45, 2.75) is 38.0 Å². The summed E-state index contributed by atoms with van der Waals surface area (Å²) in [5.74, 6) is -0.288. The lowest BCUT2D eigenvalue weighted by molar-refractivity contribution is -0.153. The van der Waals surface area contributed by atoms with Crippen LogP contribution >= 0.6 is 0 Å². The lowest BCUT2D eigenvalue weighted by Crippen LogP contribution is -2.37. The van der Waals surface area contributed by atoms with Crippen LogP contribution in [0.5, 0.6) is 5.75 Å². The molecule has 1 unspecified atom stereocenters. The smallest absolute Gasteiger partial charge is 0.422 e. The van der Waals surface area contributed by atoms with Gasteiger partial charge in [-0.05, 0) is 24.5 Å². The van der Waals surface area contributed by atoms with Crippen molar-refractivity contribution >= 4 is 16.9 Å². The predicted molar refractivity (Wildman–Crippen MR) is 88.1 cm³/mol. The molecule has 1 aromatic carbocycles. The maximum Gasteiger partial charge on any atom is 0.422 e. The van der Waals surface area contributed by atoms with Crippen LogP contribution in [-0.4, -0.2) is 37.5 Å². The van der Waals surface area contributed by atoms with Gasteiger partial charge in [0.2, 0.25) is 0 Å². The highest BCUT2D eigenvalue weighted by Crippen LogP contribution is 2.43. The topological polar surface area (TPSA) is 60.5 Å². The quantitative estimate of drug-likeness (QED) is 0.811. The first-order valence-electron chi connectivity index (χ1n) is 8.34. The molecule has 0 saturated heterocycles. The summed E-state index contributed by atoms with van der Waals surface area (Å²) in [5, 5.41) is 0.783. The molecule has 26 heavy (non-hydrogen) atoms. The summed E-state index contributed by atoms with van der Waals surface area (Å²) < 4.78 is 53.3. The molecular weight excluding hydrogens is 351 g/mol. The van der Waals surface area contributed by atoms with Crippen molar-refractivity contribution in [3.8, 4) is 5.75 Å². The lowest BCUT2D eigenvalue weighted by atomic mass is 9.86. The number of H-pyrrole nitrogens is 1. The highest BCUT2D eigenvalue weighted by atomic mass is 19.4. The zero-order chi connectivity index (χ0) is 18.9. The number of aromatic nitrogens is 1. The van der Waals surface area contributed by atoms with Gasteiger partial charge in [0, 0.05) is 5.39 Å². The molecule has 0 amide bonds. The number of nitrogens with one attached hydrogen (secondary N) is 1. The van der Waals surface area contributed by atoms with Crippen LogP contribution in [-0.2, 0) is 26.3 Å². The highest BCUT2D eigenvalue weighted by molar-refractivity contribution is 5.90. The van der Waals surface area contributed by atoms with Gasteiger partial charge in [0.25, 0.3) is 0 Å². The summed E-state index contributed by atoms with van der Waals surface area (Å²) in [6.45, 7) is 0.941. The first kappa shape index (κ1) is 18.6. The maximum atomic E-state index is 12.5. The number of carbonyl (C=O) groups excluding carboxylic acids is 1. The number of para-hydroxylation sites is 1. The third-order valence-electron chi connectivity index (χ3n) is 4.71. The Kier molecular flexibility index (Phi) is 4.88. The summed E-state index contributed by atoms with van der Waals surface area (Å²) in [7, 11) is 1.31. The zero-order valence-corrected chi connectivity index (χ0v) is 14.5. The second-order valence-electron chi connectivity index (χ2n) is 6.26. The van der Waals surface area contributed by atoms with Gasteiger partial charge in [0.15, 0.2) is 6.61 Å². The van der Waals surface area contributed by atoms with Crippen LogP contribution in [0.1, 0.15) is 31.0 Å². The first-order chi connectivity index (χ1) is 12.3. The number of benzene rings is 1. The molecule has 1 N–H and O–H groups in total. The van der Waals surface area contributed by atoms with Crippen molar-refractivity contribution in [1.29, 1.82) is 0 Å². The molecule has 2 heterocycles. The minimum atomic E-state index is -4.42. The van der Waals surface area contributed by atoms with E-state index in [1.54, 1.807) is 6.07 Å². The second-order valence-corrected chi connectivity index (χ2v) is 6.26. The third-order valence-corrected chi connectivity index (χ3v) is 4.71. The number of hydrogen-bond donors (Lipinski definition) is 1. The maximum absolute atomic E-state index is 12.5. The van der Waals surface area contributed by atoms with Crippen LogP contribution in [0.25, 0.3) is 10.9 Å². The fraction of sp³-hybridized carbons (Fsp3) is 0.500. The van der Waals surface area contributed by atoms with E-state index in [2.05, 4.69) is 4.98 Å². The number of hydrogen-bond acceptors (Lipinski definition) is 4. The Morgan fingerprint density at radius 2 is 2.15 bits per heavy atom. The van der Waals surface area contributed by atoms with E-state index < -0.39 is 24.4 Å². The van der Waals surface area contributed by atoms with Crippen LogP contribution in [0.3, 0.4) is 0 Å². The number of halogens is 3. The SMILES string of the molecule is CCC1(CC(=O)OC)OCCc2c1[nH]c1c(OCC(F)(F)F)cccc21. The van der Waals surface area contributed by atoms with Gasteiger partial charge in [-0.25, -0.2) is 0 Å². The summed E-state index contributed by atoms with van der Waals surface area (Å²) in [4.78, 5) is 15.1. The summed E-state index contributed by atoms with van der Waals surface area (Å²) in [6, 6.07) is 4.98. The summed E-state index contributed by atoms with van der Waals surface area (Å²) in [6.07, 6.45) is -3.28. The molecule has 0 spiro atoms. The molecule has 0 aliphatic carbocycles. The molecule has 0 fully saturated rings. The van der Waals surface area contributed by atoms with Gasteiger partial charge in [-0.1, -0.05) is 19.1 Å². The molecule has 5 nitrogen and oxygen atoms in total.